The molecule has 0 unspecified atom stereocenters. The quantitative estimate of drug-likeness (QED) is 0.745. The highest BCUT2D eigenvalue weighted by Gasteiger charge is 2.39. The average Bonchev–Trinajstić information content (AvgIpc) is 2.36. The molecule has 0 N–H and O–H groups in total. The van der Waals surface area contributed by atoms with Crippen LogP contribution in [-0.4, -0.2) is 66.3 Å². The van der Waals surface area contributed by atoms with Gasteiger partial charge >= 0.3 is 12.1 Å². The Hall–Kier alpha value is -1.30. The monoisotopic (exact) mass is 312 g/mol. The normalized spacial score (nSPS) is 21.4. The number of piperidine rings is 1. The molecule has 2 aliphatic heterocycles. The molecule has 2 aliphatic rings. The molecule has 2 fully saturated rings. The van der Waals surface area contributed by atoms with Crippen LogP contribution in [0.2, 0.25) is 0 Å². The summed E-state index contributed by atoms with van der Waals surface area (Å²) in [6.07, 6.45) is 1.47. The van der Waals surface area contributed by atoms with Gasteiger partial charge in [-0.3, -0.25) is 9.69 Å². The Balaban J connectivity index is 1.70. The van der Waals surface area contributed by atoms with Gasteiger partial charge in [0.05, 0.1) is 12.5 Å². The van der Waals surface area contributed by atoms with Gasteiger partial charge in [-0.15, -0.1) is 0 Å². The lowest BCUT2D eigenvalue weighted by atomic mass is 9.94. The van der Waals surface area contributed by atoms with Crippen LogP contribution in [0.1, 0.15) is 40.5 Å². The molecule has 0 bridgehead atoms. The van der Waals surface area contributed by atoms with E-state index in [4.69, 9.17) is 9.47 Å². The second-order valence-corrected chi connectivity index (χ2v) is 7.10. The van der Waals surface area contributed by atoms with E-state index in [1.807, 2.05) is 27.7 Å². The largest absolute Gasteiger partial charge is 0.466 e. The first kappa shape index (κ1) is 17.1. The van der Waals surface area contributed by atoms with E-state index in [1.165, 1.54) is 0 Å². The van der Waals surface area contributed by atoms with Crippen LogP contribution in [0, 0.1) is 5.92 Å². The van der Waals surface area contributed by atoms with Crippen LogP contribution in [0.4, 0.5) is 4.79 Å². The Morgan fingerprint density at radius 2 is 1.73 bits per heavy atom. The molecule has 0 aliphatic carbocycles. The standard InChI is InChI=1S/C16H28N2O4/c1-5-21-14(19)12-6-8-17(9-7-12)13-10-18(11-13)15(20)22-16(2,3)4/h12-13H,5-11H2,1-4H3. The summed E-state index contributed by atoms with van der Waals surface area (Å²) in [7, 11) is 0. The lowest BCUT2D eigenvalue weighted by Gasteiger charge is -2.47. The summed E-state index contributed by atoms with van der Waals surface area (Å²) in [4.78, 5) is 27.7. The van der Waals surface area contributed by atoms with Crippen LogP contribution in [0.15, 0.2) is 0 Å². The Bertz CT molecular complexity index is 405. The summed E-state index contributed by atoms with van der Waals surface area (Å²) in [5, 5.41) is 0. The molecule has 22 heavy (non-hydrogen) atoms. The van der Waals surface area contributed by atoms with Gasteiger partial charge in [0.1, 0.15) is 5.60 Å². The highest BCUT2D eigenvalue weighted by atomic mass is 16.6. The Morgan fingerprint density at radius 1 is 1.14 bits per heavy atom. The first-order valence-electron chi connectivity index (χ1n) is 8.18. The number of nitrogens with zero attached hydrogens (tertiary/aromatic N) is 2. The fourth-order valence-corrected chi connectivity index (χ4v) is 2.92. The van der Waals surface area contributed by atoms with Gasteiger partial charge in [-0.05, 0) is 53.6 Å². The molecule has 0 atom stereocenters. The van der Waals surface area contributed by atoms with Crippen LogP contribution in [0.3, 0.4) is 0 Å². The number of likely N-dealkylation sites (tertiary alicyclic amines) is 2. The highest BCUT2D eigenvalue weighted by Crippen LogP contribution is 2.25. The summed E-state index contributed by atoms with van der Waals surface area (Å²) >= 11 is 0. The van der Waals surface area contributed by atoms with E-state index < -0.39 is 5.60 Å². The molecular weight excluding hydrogens is 284 g/mol. The molecule has 2 heterocycles. The minimum absolute atomic E-state index is 0.0400. The number of rotatable bonds is 3. The summed E-state index contributed by atoms with van der Waals surface area (Å²) in [6.45, 7) is 11.2. The van der Waals surface area contributed by atoms with Crippen molar-refractivity contribution < 1.29 is 19.1 Å². The average molecular weight is 312 g/mol. The zero-order chi connectivity index (χ0) is 16.3. The molecule has 0 saturated carbocycles. The van der Waals surface area contributed by atoms with Crippen molar-refractivity contribution in [1.29, 1.82) is 0 Å². The number of amides is 1. The molecule has 6 heteroatoms. The summed E-state index contributed by atoms with van der Waals surface area (Å²) in [5.41, 5.74) is -0.444. The maximum Gasteiger partial charge on any atom is 0.410 e. The Kier molecular flexibility index (Phi) is 5.32. The topological polar surface area (TPSA) is 59.1 Å². The van der Waals surface area contributed by atoms with E-state index in [1.54, 1.807) is 4.90 Å². The van der Waals surface area contributed by atoms with Crippen molar-refractivity contribution in [3.8, 4) is 0 Å². The van der Waals surface area contributed by atoms with Crippen LogP contribution < -0.4 is 0 Å². The third kappa shape index (κ3) is 4.35. The molecule has 2 saturated heterocycles. The van der Waals surface area contributed by atoms with Gasteiger partial charge in [-0.1, -0.05) is 0 Å². The zero-order valence-electron chi connectivity index (χ0n) is 14.1. The number of carbonyl (C=O) groups is 2. The fraction of sp³-hybridized carbons (Fsp3) is 0.875. The van der Waals surface area contributed by atoms with Gasteiger partial charge in [0.15, 0.2) is 0 Å². The third-order valence-electron chi connectivity index (χ3n) is 4.18. The molecular formula is C16H28N2O4. The Labute approximate surface area is 132 Å². The minimum Gasteiger partial charge on any atom is -0.466 e. The van der Waals surface area contributed by atoms with Gasteiger partial charge in [-0.2, -0.15) is 0 Å². The molecule has 0 aromatic carbocycles. The van der Waals surface area contributed by atoms with E-state index in [0.717, 1.165) is 39.0 Å². The van der Waals surface area contributed by atoms with Crippen molar-refractivity contribution in [3.63, 3.8) is 0 Å². The second-order valence-electron chi connectivity index (χ2n) is 7.10. The first-order chi connectivity index (χ1) is 10.3. The van der Waals surface area contributed by atoms with Crippen molar-refractivity contribution in [2.75, 3.05) is 32.8 Å². The van der Waals surface area contributed by atoms with Gasteiger partial charge in [0, 0.05) is 19.1 Å². The smallest absolute Gasteiger partial charge is 0.410 e. The van der Waals surface area contributed by atoms with Crippen LogP contribution in [0.5, 0.6) is 0 Å². The van der Waals surface area contributed by atoms with Crippen molar-refractivity contribution >= 4 is 12.1 Å². The van der Waals surface area contributed by atoms with E-state index in [2.05, 4.69) is 4.90 Å². The van der Waals surface area contributed by atoms with Gasteiger partial charge < -0.3 is 14.4 Å². The van der Waals surface area contributed by atoms with Crippen LogP contribution >= 0.6 is 0 Å². The lowest BCUT2D eigenvalue weighted by Crippen LogP contribution is -2.62. The van der Waals surface area contributed by atoms with Gasteiger partial charge in [0.2, 0.25) is 0 Å². The third-order valence-corrected chi connectivity index (χ3v) is 4.18. The predicted octanol–water partition coefficient (Wildman–Crippen LogP) is 1.88. The lowest BCUT2D eigenvalue weighted by molar-refractivity contribution is -0.150. The molecule has 0 aromatic rings. The van der Waals surface area contributed by atoms with E-state index in [9.17, 15) is 9.59 Å². The van der Waals surface area contributed by atoms with E-state index in [-0.39, 0.29) is 18.0 Å². The molecule has 1 amide bonds. The molecule has 126 valence electrons. The molecule has 0 radical (unpaired) electrons. The maximum atomic E-state index is 11.9. The number of ether oxygens (including phenoxy) is 2. The second kappa shape index (κ2) is 6.86. The molecule has 0 spiro atoms. The summed E-state index contributed by atoms with van der Waals surface area (Å²) in [6, 6.07) is 0.399. The molecule has 0 aromatic heterocycles. The van der Waals surface area contributed by atoms with Crippen molar-refractivity contribution in [3.05, 3.63) is 0 Å². The Morgan fingerprint density at radius 3 is 2.23 bits per heavy atom. The SMILES string of the molecule is CCOC(=O)C1CCN(C2CN(C(=O)OC(C)(C)C)C2)CC1. The van der Waals surface area contributed by atoms with Gasteiger partial charge in [0.25, 0.3) is 0 Å². The highest BCUT2D eigenvalue weighted by molar-refractivity contribution is 5.72. The molecule has 6 nitrogen and oxygen atoms in total. The van der Waals surface area contributed by atoms with Crippen molar-refractivity contribution in [2.45, 2.75) is 52.2 Å². The number of esters is 1. The van der Waals surface area contributed by atoms with E-state index in [0.29, 0.717) is 12.6 Å². The van der Waals surface area contributed by atoms with E-state index >= 15 is 0 Å². The predicted molar refractivity (Wildman–Crippen MR) is 82.5 cm³/mol. The van der Waals surface area contributed by atoms with Crippen LogP contribution in [-0.2, 0) is 14.3 Å². The summed E-state index contributed by atoms with van der Waals surface area (Å²) < 4.78 is 10.4. The van der Waals surface area contributed by atoms with Crippen molar-refractivity contribution in [2.24, 2.45) is 5.92 Å². The van der Waals surface area contributed by atoms with Gasteiger partial charge in [-0.25, -0.2) is 4.79 Å². The maximum absolute atomic E-state index is 11.9. The minimum atomic E-state index is -0.444. The number of hydrogen-bond donors (Lipinski definition) is 0. The summed E-state index contributed by atoms with van der Waals surface area (Å²) in [5.74, 6) is -0.0237. The zero-order valence-corrected chi connectivity index (χ0v) is 14.1. The first-order valence-corrected chi connectivity index (χ1v) is 8.18. The number of hydrogen-bond acceptors (Lipinski definition) is 5. The fourth-order valence-electron chi connectivity index (χ4n) is 2.92. The molecule has 2 rings (SSSR count). The van der Waals surface area contributed by atoms with Crippen molar-refractivity contribution in [1.82, 2.24) is 9.80 Å². The van der Waals surface area contributed by atoms with Crippen LogP contribution in [0.25, 0.3) is 0 Å². The number of carbonyl (C=O) groups excluding carboxylic acids is 2.